The van der Waals surface area contributed by atoms with Crippen LogP contribution in [0.3, 0.4) is 0 Å². The molecule has 1 unspecified atom stereocenters. The molecule has 0 bridgehead atoms. The molecule has 0 spiro atoms. The third-order valence-electron chi connectivity index (χ3n) is 4.17. The number of hydrogen-bond acceptors (Lipinski definition) is 5. The Morgan fingerprint density at radius 1 is 1.26 bits per heavy atom. The quantitative estimate of drug-likeness (QED) is 0.926. The van der Waals surface area contributed by atoms with Gasteiger partial charge in [0.1, 0.15) is 11.4 Å². The second kappa shape index (κ2) is 5.29. The third-order valence-corrected chi connectivity index (χ3v) is 5.47. The van der Waals surface area contributed by atoms with Crippen LogP contribution in [0.25, 0.3) is 11.0 Å². The molecular formula is C16H22N2O4S. The summed E-state index contributed by atoms with van der Waals surface area (Å²) in [6.45, 7) is 7.74. The lowest BCUT2D eigenvalue weighted by Gasteiger charge is -2.27. The number of hydrogen-bond donors (Lipinski definition) is 1. The van der Waals surface area contributed by atoms with Gasteiger partial charge in [-0.25, -0.2) is 13.1 Å². The van der Waals surface area contributed by atoms with Crippen LogP contribution < -0.4 is 4.72 Å². The topological polar surface area (TPSA) is 81.4 Å². The van der Waals surface area contributed by atoms with Crippen molar-refractivity contribution < 1.29 is 17.7 Å². The summed E-state index contributed by atoms with van der Waals surface area (Å²) in [5.41, 5.74) is 0.104. The molecule has 23 heavy (non-hydrogen) atoms. The molecule has 2 aromatic rings. The fourth-order valence-electron chi connectivity index (χ4n) is 3.23. The summed E-state index contributed by atoms with van der Waals surface area (Å²) in [6, 6.07) is 6.95. The normalized spacial score (nSPS) is 23.4. The second-order valence-electron chi connectivity index (χ2n) is 7.22. The van der Waals surface area contributed by atoms with Gasteiger partial charge in [-0.15, -0.1) is 0 Å². The summed E-state index contributed by atoms with van der Waals surface area (Å²) in [6.07, 6.45) is 0.624. The summed E-state index contributed by atoms with van der Waals surface area (Å²) < 4.78 is 39.0. The van der Waals surface area contributed by atoms with Gasteiger partial charge < -0.3 is 9.26 Å². The van der Waals surface area contributed by atoms with Crippen LogP contribution in [-0.2, 0) is 20.5 Å². The number of fused-ring (bicyclic) bond motifs is 1. The van der Waals surface area contributed by atoms with Crippen molar-refractivity contribution in [1.82, 2.24) is 9.88 Å². The number of sulfonamides is 1. The third kappa shape index (κ3) is 3.41. The van der Waals surface area contributed by atoms with Gasteiger partial charge in [0.15, 0.2) is 5.58 Å². The van der Waals surface area contributed by atoms with Gasteiger partial charge in [-0.05, 0) is 46.2 Å². The molecule has 1 aliphatic heterocycles. The van der Waals surface area contributed by atoms with E-state index in [1.165, 1.54) is 0 Å². The zero-order valence-corrected chi connectivity index (χ0v) is 14.6. The van der Waals surface area contributed by atoms with Crippen LogP contribution in [0.5, 0.6) is 0 Å². The van der Waals surface area contributed by atoms with Gasteiger partial charge >= 0.3 is 0 Å². The molecule has 1 aromatic carbocycles. The number of aromatic nitrogens is 1. The second-order valence-corrected chi connectivity index (χ2v) is 8.98. The van der Waals surface area contributed by atoms with Gasteiger partial charge in [-0.1, -0.05) is 17.3 Å². The van der Waals surface area contributed by atoms with Crippen LogP contribution in [0, 0.1) is 0 Å². The molecule has 126 valence electrons. The van der Waals surface area contributed by atoms with E-state index < -0.39 is 15.6 Å². The Morgan fingerprint density at radius 3 is 2.61 bits per heavy atom. The Hall–Kier alpha value is -1.44. The lowest BCUT2D eigenvalue weighted by Crippen LogP contribution is -2.46. The van der Waals surface area contributed by atoms with Crippen molar-refractivity contribution in [3.8, 4) is 0 Å². The van der Waals surface area contributed by atoms with Crippen molar-refractivity contribution in [2.75, 3.05) is 0 Å². The number of nitrogens with zero attached hydrogens (tertiary/aromatic N) is 1. The Labute approximate surface area is 136 Å². The molecular weight excluding hydrogens is 316 g/mol. The fourth-order valence-corrected chi connectivity index (χ4v) is 4.68. The van der Waals surface area contributed by atoms with Crippen LogP contribution in [0.4, 0.5) is 0 Å². The van der Waals surface area contributed by atoms with Crippen LogP contribution in [-0.4, -0.2) is 30.8 Å². The molecule has 3 rings (SSSR count). The minimum Gasteiger partial charge on any atom is -0.368 e. The smallest absolute Gasteiger partial charge is 0.217 e. The van der Waals surface area contributed by atoms with E-state index >= 15 is 0 Å². The molecule has 0 radical (unpaired) electrons. The van der Waals surface area contributed by atoms with E-state index in [9.17, 15) is 8.42 Å². The number of benzene rings is 1. The molecule has 6 nitrogen and oxygen atoms in total. The van der Waals surface area contributed by atoms with Crippen LogP contribution >= 0.6 is 0 Å². The van der Waals surface area contributed by atoms with Gasteiger partial charge in [-0.3, -0.25) is 0 Å². The highest BCUT2D eigenvalue weighted by Crippen LogP contribution is 2.37. The molecule has 1 N–H and O–H groups in total. The first-order valence-corrected chi connectivity index (χ1v) is 9.27. The maximum Gasteiger partial charge on any atom is 0.217 e. The Morgan fingerprint density at radius 2 is 1.96 bits per heavy atom. The number of nitrogens with one attached hydrogen (secondary N) is 1. The molecule has 1 saturated heterocycles. The number of ether oxygens (including phenoxy) is 1. The molecule has 1 atom stereocenters. The maximum absolute atomic E-state index is 12.5. The first-order chi connectivity index (χ1) is 10.6. The van der Waals surface area contributed by atoms with Crippen molar-refractivity contribution in [1.29, 1.82) is 0 Å². The van der Waals surface area contributed by atoms with E-state index in [4.69, 9.17) is 9.26 Å². The summed E-state index contributed by atoms with van der Waals surface area (Å²) in [5, 5.41) is 4.62. The van der Waals surface area contributed by atoms with E-state index in [0.29, 0.717) is 17.7 Å². The predicted molar refractivity (Wildman–Crippen MR) is 87.4 cm³/mol. The minimum absolute atomic E-state index is 0.211. The van der Waals surface area contributed by atoms with Crippen molar-refractivity contribution in [3.63, 3.8) is 0 Å². The van der Waals surface area contributed by atoms with E-state index in [1.54, 1.807) is 6.07 Å². The molecule has 1 aromatic heterocycles. The largest absolute Gasteiger partial charge is 0.368 e. The molecule has 0 aliphatic carbocycles. The van der Waals surface area contributed by atoms with Gasteiger partial charge in [-0.2, -0.15) is 0 Å². The zero-order chi connectivity index (χ0) is 16.9. The lowest BCUT2D eigenvalue weighted by atomic mass is 9.96. The molecule has 1 aliphatic rings. The summed E-state index contributed by atoms with van der Waals surface area (Å²) in [4.78, 5) is 0. The summed E-state index contributed by atoms with van der Waals surface area (Å²) in [7, 11) is -3.55. The zero-order valence-electron chi connectivity index (χ0n) is 13.8. The number of rotatable bonds is 4. The van der Waals surface area contributed by atoms with E-state index in [2.05, 4.69) is 9.88 Å². The molecule has 0 saturated carbocycles. The van der Waals surface area contributed by atoms with Crippen LogP contribution in [0.1, 0.15) is 39.8 Å². The molecule has 7 heteroatoms. The van der Waals surface area contributed by atoms with E-state index in [-0.39, 0.29) is 17.4 Å². The first kappa shape index (κ1) is 16.4. The van der Waals surface area contributed by atoms with Crippen LogP contribution in [0.2, 0.25) is 0 Å². The first-order valence-electron chi connectivity index (χ1n) is 7.61. The van der Waals surface area contributed by atoms with Crippen molar-refractivity contribution in [2.24, 2.45) is 0 Å². The van der Waals surface area contributed by atoms with Gasteiger partial charge in [0.05, 0.1) is 17.2 Å². The van der Waals surface area contributed by atoms with Crippen molar-refractivity contribution in [3.05, 3.63) is 30.0 Å². The highest BCUT2D eigenvalue weighted by molar-refractivity contribution is 7.88. The van der Waals surface area contributed by atoms with Gasteiger partial charge in [0.25, 0.3) is 0 Å². The average Bonchev–Trinajstić information content (AvgIpc) is 2.87. The number of para-hydroxylation sites is 1. The average molecular weight is 338 g/mol. The van der Waals surface area contributed by atoms with Crippen LogP contribution in [0.15, 0.2) is 28.8 Å². The highest BCUT2D eigenvalue weighted by Gasteiger charge is 2.47. The Bertz CT molecular complexity index is 823. The SMILES string of the molecule is CC1(C)CC(NS(=O)(=O)Cc2noc3ccccc23)C(C)(C)O1. The maximum atomic E-state index is 12.5. The summed E-state index contributed by atoms with van der Waals surface area (Å²) >= 11 is 0. The standard InChI is InChI=1S/C16H22N2O4S/c1-15(2)9-14(16(3,4)22-15)18-23(19,20)10-12-11-7-5-6-8-13(11)21-17-12/h5-8,14,18H,9-10H2,1-4H3. The fraction of sp³-hybridized carbons (Fsp3) is 0.562. The summed E-state index contributed by atoms with van der Waals surface area (Å²) in [5.74, 6) is -0.211. The van der Waals surface area contributed by atoms with Crippen molar-refractivity contribution >= 4 is 21.0 Å². The molecule has 2 heterocycles. The predicted octanol–water partition coefficient (Wildman–Crippen LogP) is 2.59. The highest BCUT2D eigenvalue weighted by atomic mass is 32.2. The lowest BCUT2D eigenvalue weighted by molar-refractivity contribution is -0.0684. The van der Waals surface area contributed by atoms with Gasteiger partial charge in [0, 0.05) is 5.39 Å². The Balaban J connectivity index is 1.80. The van der Waals surface area contributed by atoms with E-state index in [1.807, 2.05) is 45.9 Å². The van der Waals surface area contributed by atoms with E-state index in [0.717, 1.165) is 5.39 Å². The Kier molecular flexibility index (Phi) is 3.78. The van der Waals surface area contributed by atoms with Gasteiger partial charge in [0.2, 0.25) is 10.0 Å². The minimum atomic E-state index is -3.55. The van der Waals surface area contributed by atoms with Crippen molar-refractivity contribution in [2.45, 2.75) is 57.1 Å². The molecule has 1 fully saturated rings. The monoisotopic (exact) mass is 338 g/mol. The molecule has 0 amide bonds.